The number of aryl methyl sites for hydroxylation is 5. The van der Waals surface area contributed by atoms with E-state index in [1.165, 1.54) is 20.3 Å². The lowest BCUT2D eigenvalue weighted by molar-refractivity contribution is 0.0691. The number of carbonyl (C=O) groups excluding carboxylic acids is 1. The quantitative estimate of drug-likeness (QED) is 0.134. The number of rotatable bonds is 10. The number of carboxylic acids is 1. The minimum Gasteiger partial charge on any atom is -0.494 e. The SMILES string of the molecule is COc1cc(N2CC(C)n3c(c(CCCOc4cc(C)c(Cl)c(C)c4)c4ccc(Cl)c(-c5c(C)nn(C)c5C)c43)C2=O)c2[nH]c(C(=O)O)cc2c1OC. The van der Waals surface area contributed by atoms with Gasteiger partial charge in [0.1, 0.15) is 17.1 Å². The number of carboxylic acid groups (broad SMARTS) is 1. The first-order chi connectivity index (χ1) is 25.3. The second-order valence-electron chi connectivity index (χ2n) is 13.7. The van der Waals surface area contributed by atoms with Crippen molar-refractivity contribution >= 4 is 62.6 Å². The topological polar surface area (TPSA) is 124 Å². The Morgan fingerprint density at radius 2 is 1.74 bits per heavy atom. The van der Waals surface area contributed by atoms with Crippen LogP contribution in [0.1, 0.15) is 68.4 Å². The number of H-pyrrole nitrogens is 1. The van der Waals surface area contributed by atoms with E-state index < -0.39 is 5.97 Å². The molecule has 1 unspecified atom stereocenters. The Bertz CT molecular complexity index is 2450. The molecule has 276 valence electrons. The molecule has 0 saturated heterocycles. The summed E-state index contributed by atoms with van der Waals surface area (Å²) in [5.41, 5.74) is 8.64. The Morgan fingerprint density at radius 1 is 1.02 bits per heavy atom. The van der Waals surface area contributed by atoms with E-state index in [1.807, 2.05) is 63.7 Å². The van der Waals surface area contributed by atoms with Gasteiger partial charge in [-0.3, -0.25) is 9.48 Å². The minimum absolute atomic E-state index is 0.0346. The summed E-state index contributed by atoms with van der Waals surface area (Å²) in [6.45, 7) is 10.7. The van der Waals surface area contributed by atoms with Crippen LogP contribution in [-0.4, -0.2) is 63.7 Å². The van der Waals surface area contributed by atoms with Crippen molar-refractivity contribution in [3.63, 3.8) is 0 Å². The van der Waals surface area contributed by atoms with Crippen LogP contribution in [0.25, 0.3) is 32.9 Å². The average molecular weight is 759 g/mol. The summed E-state index contributed by atoms with van der Waals surface area (Å²) in [6.07, 6.45) is 1.16. The summed E-state index contributed by atoms with van der Waals surface area (Å²) in [4.78, 5) is 32.0. The van der Waals surface area contributed by atoms with Gasteiger partial charge in [-0.15, -0.1) is 0 Å². The number of aromatic carboxylic acids is 1. The van der Waals surface area contributed by atoms with Crippen molar-refractivity contribution in [2.24, 2.45) is 7.05 Å². The Balaban J connectivity index is 1.40. The van der Waals surface area contributed by atoms with Crippen LogP contribution in [0.2, 0.25) is 10.0 Å². The third kappa shape index (κ3) is 5.86. The zero-order chi connectivity index (χ0) is 38.0. The number of amides is 1. The monoisotopic (exact) mass is 757 g/mol. The van der Waals surface area contributed by atoms with Crippen LogP contribution >= 0.6 is 23.2 Å². The first-order valence-electron chi connectivity index (χ1n) is 17.3. The Morgan fingerprint density at radius 3 is 2.36 bits per heavy atom. The number of nitrogens with zero attached hydrogens (tertiary/aromatic N) is 4. The van der Waals surface area contributed by atoms with Crippen molar-refractivity contribution in [1.29, 1.82) is 0 Å². The summed E-state index contributed by atoms with van der Waals surface area (Å²) in [5, 5.41) is 17.3. The molecule has 0 radical (unpaired) electrons. The van der Waals surface area contributed by atoms with Crippen molar-refractivity contribution in [2.45, 2.75) is 53.5 Å². The molecule has 3 aromatic carbocycles. The van der Waals surface area contributed by atoms with Crippen molar-refractivity contribution in [3.8, 4) is 28.4 Å². The first-order valence-corrected chi connectivity index (χ1v) is 18.1. The molecule has 53 heavy (non-hydrogen) atoms. The molecule has 1 amide bonds. The van der Waals surface area contributed by atoms with Gasteiger partial charge >= 0.3 is 5.97 Å². The lowest BCUT2D eigenvalue weighted by Gasteiger charge is -2.35. The minimum atomic E-state index is -1.13. The third-order valence-corrected chi connectivity index (χ3v) is 11.2. The van der Waals surface area contributed by atoms with E-state index in [2.05, 4.69) is 16.5 Å². The molecule has 1 aliphatic rings. The average Bonchev–Trinajstić information content (AvgIpc) is 3.78. The zero-order valence-electron chi connectivity index (χ0n) is 30.9. The fourth-order valence-electron chi connectivity index (χ4n) is 7.86. The van der Waals surface area contributed by atoms with Gasteiger partial charge in [-0.25, -0.2) is 4.79 Å². The molecule has 0 aliphatic carbocycles. The maximum Gasteiger partial charge on any atom is 0.352 e. The lowest BCUT2D eigenvalue weighted by Crippen LogP contribution is -2.42. The van der Waals surface area contributed by atoms with E-state index in [4.69, 9.17) is 42.5 Å². The molecule has 13 heteroatoms. The van der Waals surface area contributed by atoms with E-state index in [-0.39, 0.29) is 24.2 Å². The Labute approximate surface area is 316 Å². The van der Waals surface area contributed by atoms with E-state index >= 15 is 4.79 Å². The van der Waals surface area contributed by atoms with Crippen LogP contribution in [-0.2, 0) is 13.5 Å². The van der Waals surface area contributed by atoms with Crippen LogP contribution in [0.15, 0.2) is 36.4 Å². The maximum atomic E-state index is 15.1. The largest absolute Gasteiger partial charge is 0.494 e. The molecule has 0 saturated carbocycles. The normalized spacial score (nSPS) is 14.3. The molecule has 7 rings (SSSR count). The standard InChI is InChI=1S/C40H41Cl2N5O6/c1-19-14-24(15-20(2)34(19)42)53-13-9-10-25-26-11-12-28(41)33(32-22(4)44-45(6)23(32)5)36(26)47-21(3)18-46(39(48)37(25)47)30-17-31(51-7)38(52-8)27-16-29(40(49)50)43-35(27)30/h11-12,14-17,21,43H,9-10,13,18H2,1-8H3,(H,49,50). The van der Waals surface area contributed by atoms with E-state index in [0.717, 1.165) is 60.9 Å². The highest BCUT2D eigenvalue weighted by molar-refractivity contribution is 6.35. The van der Waals surface area contributed by atoms with Crippen molar-refractivity contribution in [3.05, 3.63) is 85.9 Å². The van der Waals surface area contributed by atoms with Gasteiger partial charge < -0.3 is 33.8 Å². The summed E-state index contributed by atoms with van der Waals surface area (Å²) in [5.74, 6) is 0.116. The number of fused-ring (bicyclic) bond motifs is 4. The summed E-state index contributed by atoms with van der Waals surface area (Å²) >= 11 is 13.5. The molecule has 0 bridgehead atoms. The molecular formula is C40H41Cl2N5O6. The van der Waals surface area contributed by atoms with Gasteiger partial charge in [0, 0.05) is 58.3 Å². The molecule has 6 aromatic rings. The van der Waals surface area contributed by atoms with Gasteiger partial charge in [0.2, 0.25) is 0 Å². The molecule has 4 heterocycles. The van der Waals surface area contributed by atoms with Gasteiger partial charge in [-0.05, 0) is 88.4 Å². The fraction of sp³-hybridized carbons (Fsp3) is 0.325. The molecule has 1 atom stereocenters. The number of hydrogen-bond donors (Lipinski definition) is 2. The number of aromatic nitrogens is 4. The Hall–Kier alpha value is -5.13. The highest BCUT2D eigenvalue weighted by Crippen LogP contribution is 2.47. The van der Waals surface area contributed by atoms with E-state index in [1.54, 1.807) is 11.0 Å². The van der Waals surface area contributed by atoms with Crippen LogP contribution < -0.4 is 19.1 Å². The zero-order valence-corrected chi connectivity index (χ0v) is 32.4. The number of halogens is 2. The number of carbonyl (C=O) groups is 2. The van der Waals surface area contributed by atoms with Gasteiger partial charge in [-0.1, -0.05) is 29.3 Å². The molecule has 0 fully saturated rings. The van der Waals surface area contributed by atoms with Crippen LogP contribution in [0.3, 0.4) is 0 Å². The van der Waals surface area contributed by atoms with E-state index in [9.17, 15) is 9.90 Å². The molecule has 0 spiro atoms. The van der Waals surface area contributed by atoms with Crippen molar-refractivity contribution < 1.29 is 28.9 Å². The Kier molecular flexibility index (Phi) is 9.36. The summed E-state index contributed by atoms with van der Waals surface area (Å²) in [7, 11) is 4.92. The molecule has 3 aromatic heterocycles. The van der Waals surface area contributed by atoms with Crippen molar-refractivity contribution in [2.75, 3.05) is 32.3 Å². The van der Waals surface area contributed by atoms with Gasteiger partial charge in [0.25, 0.3) is 5.91 Å². The number of aromatic amines is 1. The predicted octanol–water partition coefficient (Wildman–Crippen LogP) is 9.01. The molecule has 1 aliphatic heterocycles. The van der Waals surface area contributed by atoms with Gasteiger partial charge in [0.05, 0.1) is 48.3 Å². The smallest absolute Gasteiger partial charge is 0.352 e. The molecule has 11 nitrogen and oxygen atoms in total. The molecule has 2 N–H and O–H groups in total. The van der Waals surface area contributed by atoms with Gasteiger partial charge in [0.15, 0.2) is 11.5 Å². The third-order valence-electron chi connectivity index (χ3n) is 10.3. The van der Waals surface area contributed by atoms with Crippen LogP contribution in [0.5, 0.6) is 17.2 Å². The van der Waals surface area contributed by atoms with Gasteiger partial charge in [-0.2, -0.15) is 5.10 Å². The second kappa shape index (κ2) is 13.7. The van der Waals surface area contributed by atoms with E-state index in [0.29, 0.717) is 58.3 Å². The highest BCUT2D eigenvalue weighted by Gasteiger charge is 2.38. The maximum absolute atomic E-state index is 15.1. The van der Waals surface area contributed by atoms with Crippen LogP contribution in [0.4, 0.5) is 5.69 Å². The number of ether oxygens (including phenoxy) is 3. The molecular weight excluding hydrogens is 717 g/mol. The number of nitrogens with one attached hydrogen (secondary N) is 1. The number of hydrogen-bond acceptors (Lipinski definition) is 6. The highest BCUT2D eigenvalue weighted by atomic mass is 35.5. The number of methoxy groups -OCH3 is 2. The summed E-state index contributed by atoms with van der Waals surface area (Å²) in [6, 6.07) is 10.8. The predicted molar refractivity (Wildman–Crippen MR) is 208 cm³/mol. The number of benzene rings is 3. The lowest BCUT2D eigenvalue weighted by atomic mass is 9.98. The van der Waals surface area contributed by atoms with Crippen LogP contribution in [0, 0.1) is 27.7 Å². The number of anilines is 1. The summed E-state index contributed by atoms with van der Waals surface area (Å²) < 4.78 is 21.5. The van der Waals surface area contributed by atoms with Crippen molar-refractivity contribution in [1.82, 2.24) is 19.3 Å². The first kappa shape index (κ1) is 36.2. The second-order valence-corrected chi connectivity index (χ2v) is 14.5. The fourth-order valence-corrected chi connectivity index (χ4v) is 8.21.